The van der Waals surface area contributed by atoms with E-state index in [0.29, 0.717) is 18.9 Å². The van der Waals surface area contributed by atoms with E-state index in [2.05, 4.69) is 0 Å². The van der Waals surface area contributed by atoms with Gasteiger partial charge >= 0.3 is 0 Å². The summed E-state index contributed by atoms with van der Waals surface area (Å²) >= 11 is 0. The molecule has 2 unspecified atom stereocenters. The molecule has 1 saturated heterocycles. The first-order chi connectivity index (χ1) is 6.32. The molecular formula is C8H18N2O3S. The Morgan fingerprint density at radius 1 is 1.50 bits per heavy atom. The smallest absolute Gasteiger partial charge is 0.276 e. The van der Waals surface area contributed by atoms with Crippen LogP contribution in [0.15, 0.2) is 0 Å². The van der Waals surface area contributed by atoms with Gasteiger partial charge in [-0.05, 0) is 18.3 Å². The van der Waals surface area contributed by atoms with Gasteiger partial charge in [-0.3, -0.25) is 0 Å². The third-order valence-corrected chi connectivity index (χ3v) is 3.86. The highest BCUT2D eigenvalue weighted by Crippen LogP contribution is 2.25. The van der Waals surface area contributed by atoms with Gasteiger partial charge in [0.15, 0.2) is 0 Å². The molecule has 1 fully saturated rings. The Morgan fingerprint density at radius 3 is 2.43 bits per heavy atom. The Kier molecular flexibility index (Phi) is 3.52. The lowest BCUT2D eigenvalue weighted by Gasteiger charge is -2.36. The first-order valence-electron chi connectivity index (χ1n) is 4.78. The fourth-order valence-corrected chi connectivity index (χ4v) is 2.65. The van der Waals surface area contributed by atoms with Crippen LogP contribution in [0.4, 0.5) is 0 Å². The lowest BCUT2D eigenvalue weighted by molar-refractivity contribution is 0.0298. The van der Waals surface area contributed by atoms with Crippen molar-refractivity contribution in [2.24, 2.45) is 17.0 Å². The number of aliphatic hydroxyl groups excluding tert-OH is 1. The van der Waals surface area contributed by atoms with Gasteiger partial charge in [0.1, 0.15) is 0 Å². The second-order valence-corrected chi connectivity index (χ2v) is 5.71. The Balaban J connectivity index is 2.64. The highest BCUT2D eigenvalue weighted by atomic mass is 32.2. The number of nitrogens with two attached hydrogens (primary N) is 1. The van der Waals surface area contributed by atoms with Crippen LogP contribution in [0.2, 0.25) is 0 Å². The van der Waals surface area contributed by atoms with Crippen LogP contribution in [0.25, 0.3) is 0 Å². The van der Waals surface area contributed by atoms with E-state index >= 15 is 0 Å². The highest BCUT2D eigenvalue weighted by Gasteiger charge is 2.33. The molecule has 5 nitrogen and oxygen atoms in total. The molecule has 1 aliphatic rings. The predicted molar refractivity (Wildman–Crippen MR) is 53.6 cm³/mol. The van der Waals surface area contributed by atoms with Gasteiger partial charge in [0.2, 0.25) is 0 Å². The van der Waals surface area contributed by atoms with Gasteiger partial charge in [-0.2, -0.15) is 12.7 Å². The molecule has 14 heavy (non-hydrogen) atoms. The van der Waals surface area contributed by atoms with E-state index in [4.69, 9.17) is 5.14 Å². The van der Waals surface area contributed by atoms with E-state index in [-0.39, 0.29) is 12.5 Å². The van der Waals surface area contributed by atoms with Crippen LogP contribution in [-0.4, -0.2) is 37.0 Å². The fraction of sp³-hybridized carbons (Fsp3) is 1.00. The number of β-amino-alcohol motifs (C(OH)–C–C–N with tert-alkyl or cyclic N) is 1. The summed E-state index contributed by atoms with van der Waals surface area (Å²) in [5.74, 6) is 0.542. The molecule has 1 aliphatic heterocycles. The van der Waals surface area contributed by atoms with E-state index in [9.17, 15) is 13.5 Å². The molecule has 0 bridgehead atoms. The van der Waals surface area contributed by atoms with E-state index in [1.54, 1.807) is 0 Å². The average molecular weight is 222 g/mol. The van der Waals surface area contributed by atoms with Gasteiger partial charge in [0, 0.05) is 13.1 Å². The van der Waals surface area contributed by atoms with E-state index in [1.807, 2.05) is 13.8 Å². The second kappa shape index (κ2) is 4.14. The minimum Gasteiger partial charge on any atom is -0.391 e. The Hall–Kier alpha value is -0.170. The monoisotopic (exact) mass is 222 g/mol. The quantitative estimate of drug-likeness (QED) is 0.662. The number of hydrogen-bond acceptors (Lipinski definition) is 3. The van der Waals surface area contributed by atoms with Crippen LogP contribution in [-0.2, 0) is 10.2 Å². The standard InChI is InChI=1S/C8H18N2O3S/c1-6(2)7-3-4-10(5-8(7)11)14(9,12)13/h6-8,11H,3-5H2,1-2H3,(H2,9,12,13). The summed E-state index contributed by atoms with van der Waals surface area (Å²) in [6.45, 7) is 4.60. The molecule has 0 aromatic carbocycles. The molecule has 1 rings (SSSR count). The van der Waals surface area contributed by atoms with Crippen molar-refractivity contribution in [3.63, 3.8) is 0 Å². The van der Waals surface area contributed by atoms with Crippen molar-refractivity contribution in [3.8, 4) is 0 Å². The molecule has 3 N–H and O–H groups in total. The number of aliphatic hydroxyl groups is 1. The first-order valence-corrected chi connectivity index (χ1v) is 6.28. The Morgan fingerprint density at radius 2 is 2.07 bits per heavy atom. The average Bonchev–Trinajstić information content (AvgIpc) is 2.01. The van der Waals surface area contributed by atoms with Crippen LogP contribution in [0.3, 0.4) is 0 Å². The molecule has 0 spiro atoms. The molecule has 0 aromatic heterocycles. The molecule has 0 amide bonds. The molecule has 2 atom stereocenters. The minimum atomic E-state index is -3.63. The fourth-order valence-electron chi connectivity index (χ4n) is 1.93. The van der Waals surface area contributed by atoms with Crippen molar-refractivity contribution in [1.29, 1.82) is 0 Å². The van der Waals surface area contributed by atoms with Crippen LogP contribution in [0, 0.1) is 11.8 Å². The topological polar surface area (TPSA) is 83.6 Å². The van der Waals surface area contributed by atoms with Crippen LogP contribution in [0.1, 0.15) is 20.3 Å². The van der Waals surface area contributed by atoms with Gasteiger partial charge < -0.3 is 5.11 Å². The molecule has 1 heterocycles. The zero-order chi connectivity index (χ0) is 10.9. The minimum absolute atomic E-state index is 0.127. The molecular weight excluding hydrogens is 204 g/mol. The normalized spacial score (nSPS) is 30.9. The summed E-state index contributed by atoms with van der Waals surface area (Å²) in [5, 5.41) is 14.7. The van der Waals surface area contributed by atoms with Gasteiger partial charge in [0.25, 0.3) is 10.2 Å². The zero-order valence-corrected chi connectivity index (χ0v) is 9.37. The van der Waals surface area contributed by atoms with Gasteiger partial charge in [-0.25, -0.2) is 5.14 Å². The Bertz CT molecular complexity index is 289. The van der Waals surface area contributed by atoms with Crippen molar-refractivity contribution in [2.45, 2.75) is 26.4 Å². The van der Waals surface area contributed by atoms with Gasteiger partial charge in [0.05, 0.1) is 6.10 Å². The molecule has 0 radical (unpaired) electrons. The summed E-state index contributed by atoms with van der Waals surface area (Å²) in [5.41, 5.74) is 0. The van der Waals surface area contributed by atoms with Crippen molar-refractivity contribution in [1.82, 2.24) is 4.31 Å². The highest BCUT2D eigenvalue weighted by molar-refractivity contribution is 7.86. The maximum absolute atomic E-state index is 11.0. The van der Waals surface area contributed by atoms with Crippen LogP contribution < -0.4 is 5.14 Å². The lowest BCUT2D eigenvalue weighted by atomic mass is 9.85. The largest absolute Gasteiger partial charge is 0.391 e. The maximum atomic E-state index is 11.0. The third-order valence-electron chi connectivity index (χ3n) is 2.81. The summed E-state index contributed by atoms with van der Waals surface area (Å²) in [4.78, 5) is 0. The summed E-state index contributed by atoms with van der Waals surface area (Å²) in [6.07, 6.45) is 0.0806. The van der Waals surface area contributed by atoms with E-state index in [0.717, 1.165) is 4.31 Å². The number of nitrogens with zero attached hydrogens (tertiary/aromatic N) is 1. The summed E-state index contributed by atoms with van der Waals surface area (Å²) in [6, 6.07) is 0. The molecule has 6 heteroatoms. The number of rotatable bonds is 2. The van der Waals surface area contributed by atoms with Crippen molar-refractivity contribution >= 4 is 10.2 Å². The van der Waals surface area contributed by atoms with Gasteiger partial charge in [-0.1, -0.05) is 13.8 Å². The number of hydrogen-bond donors (Lipinski definition) is 2. The number of piperidine rings is 1. The first kappa shape index (κ1) is 11.9. The van der Waals surface area contributed by atoms with Crippen LogP contribution >= 0.6 is 0 Å². The lowest BCUT2D eigenvalue weighted by Crippen LogP contribution is -2.49. The van der Waals surface area contributed by atoms with E-state index < -0.39 is 16.3 Å². The zero-order valence-electron chi connectivity index (χ0n) is 8.55. The summed E-state index contributed by atoms with van der Waals surface area (Å²) < 4.78 is 23.1. The second-order valence-electron chi connectivity index (χ2n) is 4.17. The third kappa shape index (κ3) is 2.66. The molecule has 0 aromatic rings. The van der Waals surface area contributed by atoms with Crippen LogP contribution in [0.5, 0.6) is 0 Å². The predicted octanol–water partition coefficient (Wildman–Crippen LogP) is -0.471. The molecule has 84 valence electrons. The summed E-state index contributed by atoms with van der Waals surface area (Å²) in [7, 11) is -3.63. The van der Waals surface area contributed by atoms with Crippen molar-refractivity contribution < 1.29 is 13.5 Å². The Labute approximate surface area is 85.1 Å². The molecule has 0 aliphatic carbocycles. The van der Waals surface area contributed by atoms with Crippen molar-refractivity contribution in [2.75, 3.05) is 13.1 Å². The van der Waals surface area contributed by atoms with Gasteiger partial charge in [-0.15, -0.1) is 0 Å². The van der Waals surface area contributed by atoms with E-state index in [1.165, 1.54) is 0 Å². The molecule has 0 saturated carbocycles. The maximum Gasteiger partial charge on any atom is 0.276 e. The van der Waals surface area contributed by atoms with Crippen molar-refractivity contribution in [3.05, 3.63) is 0 Å². The SMILES string of the molecule is CC(C)C1CCN(S(N)(=O)=O)CC1O.